The number of aryl methyl sites for hydroxylation is 2. The van der Waals surface area contributed by atoms with Crippen LogP contribution in [0.15, 0.2) is 6.08 Å². The molecule has 0 spiro atoms. The van der Waals surface area contributed by atoms with E-state index in [-0.39, 0.29) is 5.91 Å². The molecule has 0 unspecified atom stereocenters. The number of anilines is 1. The van der Waals surface area contributed by atoms with E-state index < -0.39 is 0 Å². The summed E-state index contributed by atoms with van der Waals surface area (Å²) < 4.78 is 1.80. The standard InChI is InChI=1S/C15H21N5OS/c1-9(2)8-14-17-18-15(22-14)16-13(21)7-6-12-10(3)19-20(5)11(12)4/h6-7,9H,8H2,1-5H3,(H,16,18,21)/b7-6+. The first kappa shape index (κ1) is 16.4. The molecule has 0 aliphatic carbocycles. The zero-order valence-electron chi connectivity index (χ0n) is 13.5. The second-order valence-electron chi connectivity index (χ2n) is 5.63. The third-order valence-electron chi connectivity index (χ3n) is 3.25. The van der Waals surface area contributed by atoms with Gasteiger partial charge in [-0.3, -0.25) is 14.8 Å². The molecular weight excluding hydrogens is 298 g/mol. The average Bonchev–Trinajstić information content (AvgIpc) is 2.93. The molecule has 0 aromatic carbocycles. The molecule has 0 saturated heterocycles. The number of hydrogen-bond acceptors (Lipinski definition) is 5. The zero-order valence-corrected chi connectivity index (χ0v) is 14.4. The van der Waals surface area contributed by atoms with E-state index in [4.69, 9.17) is 0 Å². The van der Waals surface area contributed by atoms with E-state index in [1.54, 1.807) is 10.8 Å². The number of hydrogen-bond donors (Lipinski definition) is 1. The Balaban J connectivity index is 2.00. The Kier molecular flexibility index (Phi) is 5.07. The lowest BCUT2D eigenvalue weighted by atomic mass is 10.1. The summed E-state index contributed by atoms with van der Waals surface area (Å²) in [7, 11) is 1.89. The van der Waals surface area contributed by atoms with Gasteiger partial charge in [0.05, 0.1) is 5.69 Å². The van der Waals surface area contributed by atoms with Crippen molar-refractivity contribution in [2.75, 3.05) is 5.32 Å². The summed E-state index contributed by atoms with van der Waals surface area (Å²) in [5.41, 5.74) is 2.89. The predicted octanol–water partition coefficient (Wildman–Crippen LogP) is 2.74. The van der Waals surface area contributed by atoms with E-state index in [1.807, 2.05) is 20.9 Å². The van der Waals surface area contributed by atoms with Crippen molar-refractivity contribution < 1.29 is 4.79 Å². The molecular formula is C15H21N5OS. The minimum absolute atomic E-state index is 0.213. The Morgan fingerprint density at radius 1 is 1.36 bits per heavy atom. The molecule has 2 rings (SSSR count). The fourth-order valence-electron chi connectivity index (χ4n) is 2.07. The lowest BCUT2D eigenvalue weighted by Gasteiger charge is -1.97. The van der Waals surface area contributed by atoms with E-state index in [1.165, 1.54) is 17.4 Å². The highest BCUT2D eigenvalue weighted by Gasteiger charge is 2.09. The summed E-state index contributed by atoms with van der Waals surface area (Å²) in [6.45, 7) is 8.15. The molecule has 1 amide bonds. The second kappa shape index (κ2) is 6.83. The number of carbonyl (C=O) groups excluding carboxylic acids is 1. The van der Waals surface area contributed by atoms with Gasteiger partial charge < -0.3 is 0 Å². The van der Waals surface area contributed by atoms with Gasteiger partial charge in [0.15, 0.2) is 0 Å². The molecule has 0 aliphatic rings. The van der Waals surface area contributed by atoms with Crippen molar-refractivity contribution in [3.8, 4) is 0 Å². The normalized spacial score (nSPS) is 11.5. The van der Waals surface area contributed by atoms with Gasteiger partial charge in [0.1, 0.15) is 5.01 Å². The van der Waals surface area contributed by atoms with Crippen molar-refractivity contribution in [3.05, 3.63) is 28.0 Å². The smallest absolute Gasteiger partial charge is 0.250 e. The first-order valence-corrected chi connectivity index (χ1v) is 8.00. The zero-order chi connectivity index (χ0) is 16.3. The minimum atomic E-state index is -0.213. The van der Waals surface area contributed by atoms with Crippen molar-refractivity contribution in [2.24, 2.45) is 13.0 Å². The second-order valence-corrected chi connectivity index (χ2v) is 6.69. The summed E-state index contributed by atoms with van der Waals surface area (Å²) in [5, 5.41) is 16.6. The number of carbonyl (C=O) groups is 1. The predicted molar refractivity (Wildman–Crippen MR) is 88.8 cm³/mol. The van der Waals surface area contributed by atoms with Gasteiger partial charge in [0.25, 0.3) is 0 Å². The molecule has 0 aliphatic heterocycles. The first-order valence-electron chi connectivity index (χ1n) is 7.18. The van der Waals surface area contributed by atoms with Crippen LogP contribution in [0.1, 0.15) is 35.8 Å². The fraction of sp³-hybridized carbons (Fsp3) is 0.467. The highest BCUT2D eigenvalue weighted by Crippen LogP contribution is 2.18. The fourth-order valence-corrected chi connectivity index (χ4v) is 3.03. The van der Waals surface area contributed by atoms with E-state index in [2.05, 4.69) is 34.5 Å². The van der Waals surface area contributed by atoms with Gasteiger partial charge in [-0.15, -0.1) is 10.2 Å². The van der Waals surface area contributed by atoms with Gasteiger partial charge in [-0.1, -0.05) is 25.2 Å². The van der Waals surface area contributed by atoms with Crippen molar-refractivity contribution in [1.82, 2.24) is 20.0 Å². The highest BCUT2D eigenvalue weighted by atomic mass is 32.1. The van der Waals surface area contributed by atoms with Gasteiger partial charge in [0, 0.05) is 30.8 Å². The molecule has 6 nitrogen and oxygen atoms in total. The minimum Gasteiger partial charge on any atom is -0.297 e. The van der Waals surface area contributed by atoms with Crippen LogP contribution >= 0.6 is 11.3 Å². The van der Waals surface area contributed by atoms with Gasteiger partial charge in [0.2, 0.25) is 11.0 Å². The Morgan fingerprint density at radius 2 is 2.09 bits per heavy atom. The average molecular weight is 319 g/mol. The van der Waals surface area contributed by atoms with Gasteiger partial charge in [-0.2, -0.15) is 5.10 Å². The van der Waals surface area contributed by atoms with Crippen LogP contribution < -0.4 is 5.32 Å². The molecule has 2 aromatic heterocycles. The number of amides is 1. The Hall–Kier alpha value is -2.02. The maximum atomic E-state index is 12.0. The number of aromatic nitrogens is 4. The maximum absolute atomic E-state index is 12.0. The highest BCUT2D eigenvalue weighted by molar-refractivity contribution is 7.15. The van der Waals surface area contributed by atoms with Crippen LogP contribution in [0.25, 0.3) is 6.08 Å². The molecule has 0 fully saturated rings. The molecule has 22 heavy (non-hydrogen) atoms. The molecule has 0 bridgehead atoms. The number of nitrogens with one attached hydrogen (secondary N) is 1. The monoisotopic (exact) mass is 319 g/mol. The lowest BCUT2D eigenvalue weighted by Crippen LogP contribution is -2.07. The summed E-state index contributed by atoms with van der Waals surface area (Å²) in [5.74, 6) is 0.308. The number of nitrogens with zero attached hydrogens (tertiary/aromatic N) is 4. The quantitative estimate of drug-likeness (QED) is 0.860. The molecule has 0 radical (unpaired) electrons. The molecule has 0 saturated carbocycles. The third kappa shape index (κ3) is 4.00. The van der Waals surface area contributed by atoms with Crippen molar-refractivity contribution in [3.63, 3.8) is 0 Å². The van der Waals surface area contributed by atoms with E-state index in [9.17, 15) is 4.79 Å². The van der Waals surface area contributed by atoms with Crippen LogP contribution in [0, 0.1) is 19.8 Å². The van der Waals surface area contributed by atoms with Crippen LogP contribution in [0.4, 0.5) is 5.13 Å². The molecule has 7 heteroatoms. The molecule has 2 aromatic rings. The van der Waals surface area contributed by atoms with Gasteiger partial charge in [-0.25, -0.2) is 0 Å². The Bertz CT molecular complexity index is 699. The summed E-state index contributed by atoms with van der Waals surface area (Å²) in [6.07, 6.45) is 4.15. The van der Waals surface area contributed by atoms with Crippen LogP contribution in [0.3, 0.4) is 0 Å². The Morgan fingerprint density at radius 3 is 2.68 bits per heavy atom. The summed E-state index contributed by atoms with van der Waals surface area (Å²) in [4.78, 5) is 12.0. The molecule has 1 N–H and O–H groups in total. The molecule has 2 heterocycles. The topological polar surface area (TPSA) is 72.7 Å². The van der Waals surface area contributed by atoms with Crippen molar-refractivity contribution >= 4 is 28.5 Å². The summed E-state index contributed by atoms with van der Waals surface area (Å²) in [6, 6.07) is 0. The maximum Gasteiger partial charge on any atom is 0.250 e. The van der Waals surface area contributed by atoms with E-state index in [0.29, 0.717) is 11.0 Å². The van der Waals surface area contributed by atoms with Crippen LogP contribution in [-0.4, -0.2) is 25.9 Å². The lowest BCUT2D eigenvalue weighted by molar-refractivity contribution is -0.111. The van der Waals surface area contributed by atoms with Crippen molar-refractivity contribution in [2.45, 2.75) is 34.1 Å². The van der Waals surface area contributed by atoms with E-state index >= 15 is 0 Å². The van der Waals surface area contributed by atoms with Crippen LogP contribution in [0.2, 0.25) is 0 Å². The Labute approximate surface area is 134 Å². The van der Waals surface area contributed by atoms with Gasteiger partial charge >= 0.3 is 0 Å². The molecule has 0 atom stereocenters. The van der Waals surface area contributed by atoms with Crippen molar-refractivity contribution in [1.29, 1.82) is 0 Å². The first-order chi connectivity index (χ1) is 10.4. The van der Waals surface area contributed by atoms with Crippen LogP contribution in [0.5, 0.6) is 0 Å². The third-order valence-corrected chi connectivity index (χ3v) is 4.11. The van der Waals surface area contributed by atoms with Gasteiger partial charge in [-0.05, 0) is 25.8 Å². The van der Waals surface area contributed by atoms with E-state index in [0.717, 1.165) is 28.4 Å². The molecule has 118 valence electrons. The number of rotatable bonds is 5. The largest absolute Gasteiger partial charge is 0.297 e. The van der Waals surface area contributed by atoms with Crippen LogP contribution in [-0.2, 0) is 18.3 Å². The summed E-state index contributed by atoms with van der Waals surface area (Å²) >= 11 is 1.42. The SMILES string of the molecule is Cc1nn(C)c(C)c1/C=C/C(=O)Nc1nnc(CC(C)C)s1.